The minimum Gasteiger partial charge on any atom is -0.384 e. The highest BCUT2D eigenvalue weighted by molar-refractivity contribution is 7.88. The normalized spacial score (nSPS) is 20.4. The third kappa shape index (κ3) is 9.50. The molecule has 10 nitrogen and oxygen atoms in total. The van der Waals surface area contributed by atoms with E-state index in [2.05, 4.69) is 10.0 Å². The lowest BCUT2D eigenvalue weighted by atomic mass is 9.85. The number of amides is 2. The summed E-state index contributed by atoms with van der Waals surface area (Å²) in [6.07, 6.45) is 7.74. The van der Waals surface area contributed by atoms with Crippen molar-refractivity contribution in [1.82, 2.24) is 14.9 Å². The van der Waals surface area contributed by atoms with Crippen LogP contribution >= 0.6 is 22.9 Å². The number of likely N-dealkylation sites (tertiary alicyclic amines) is 1. The molecule has 0 bridgehead atoms. The van der Waals surface area contributed by atoms with Gasteiger partial charge in [-0.05, 0) is 42.5 Å². The summed E-state index contributed by atoms with van der Waals surface area (Å²) < 4.78 is 33.2. The number of sulfonamides is 1. The molecule has 3 atom stereocenters. The molecule has 4 rings (SSSR count). The van der Waals surface area contributed by atoms with Gasteiger partial charge in [0.2, 0.25) is 21.8 Å². The van der Waals surface area contributed by atoms with Gasteiger partial charge < -0.3 is 20.7 Å². The zero-order chi connectivity index (χ0) is 30.3. The number of nitrogens with two attached hydrogens (primary N) is 1. The molecular formula is C29H40ClN5O5S2. The second-order valence-electron chi connectivity index (χ2n) is 11.3. The maximum atomic E-state index is 13.9. The van der Waals surface area contributed by atoms with Crippen LogP contribution in [0, 0.1) is 11.3 Å². The van der Waals surface area contributed by atoms with Crippen molar-refractivity contribution in [2.75, 3.05) is 12.8 Å². The highest BCUT2D eigenvalue weighted by atomic mass is 35.5. The van der Waals surface area contributed by atoms with Crippen LogP contribution in [-0.2, 0) is 37.5 Å². The second kappa shape index (κ2) is 14.8. The first kappa shape index (κ1) is 32.4. The molecule has 42 heavy (non-hydrogen) atoms. The Morgan fingerprint density at radius 3 is 2.57 bits per heavy atom. The van der Waals surface area contributed by atoms with Gasteiger partial charge in [0.25, 0.3) is 0 Å². The number of amidine groups is 1. The van der Waals surface area contributed by atoms with Crippen LogP contribution < -0.4 is 15.8 Å². The number of nitrogen functional groups attached to an aromatic ring is 1. The van der Waals surface area contributed by atoms with E-state index >= 15 is 0 Å². The summed E-state index contributed by atoms with van der Waals surface area (Å²) in [6, 6.07) is 7.24. The number of ether oxygens (including phenoxy) is 1. The van der Waals surface area contributed by atoms with Crippen molar-refractivity contribution < 1.29 is 22.7 Å². The smallest absolute Gasteiger partial charge is 0.243 e. The zero-order valence-corrected chi connectivity index (χ0v) is 26.2. The monoisotopic (exact) mass is 637 g/mol. The van der Waals surface area contributed by atoms with Gasteiger partial charge in [0.05, 0.1) is 25.5 Å². The third-order valence-corrected chi connectivity index (χ3v) is 9.79. The maximum absolute atomic E-state index is 13.9. The predicted molar refractivity (Wildman–Crippen MR) is 165 cm³/mol. The molecule has 1 aliphatic heterocycles. The van der Waals surface area contributed by atoms with E-state index < -0.39 is 34.1 Å². The van der Waals surface area contributed by atoms with Crippen LogP contribution in [0.2, 0.25) is 5.02 Å². The van der Waals surface area contributed by atoms with E-state index in [1.54, 1.807) is 23.6 Å². The van der Waals surface area contributed by atoms with Gasteiger partial charge in [-0.1, -0.05) is 55.8 Å². The Balaban J connectivity index is 1.48. The van der Waals surface area contributed by atoms with E-state index in [1.807, 2.05) is 12.1 Å². The fourth-order valence-electron chi connectivity index (χ4n) is 5.68. The van der Waals surface area contributed by atoms with Gasteiger partial charge in [-0.3, -0.25) is 15.0 Å². The number of nitrogens with zero attached hydrogens (tertiary/aromatic N) is 1. The molecule has 5 N–H and O–H groups in total. The highest BCUT2D eigenvalue weighted by Gasteiger charge is 2.42. The summed E-state index contributed by atoms with van der Waals surface area (Å²) in [5, 5.41) is 12.9. The molecule has 1 aromatic heterocycles. The van der Waals surface area contributed by atoms with Crippen molar-refractivity contribution in [2.45, 2.75) is 82.7 Å². The molecule has 13 heteroatoms. The average molecular weight is 638 g/mol. The second-order valence-corrected chi connectivity index (χ2v) is 14.5. The summed E-state index contributed by atoms with van der Waals surface area (Å²) in [6.45, 7) is 0.676. The molecule has 2 heterocycles. The molecule has 230 valence electrons. The van der Waals surface area contributed by atoms with Gasteiger partial charge >= 0.3 is 0 Å². The zero-order valence-electron chi connectivity index (χ0n) is 23.8. The van der Waals surface area contributed by atoms with Crippen LogP contribution in [0.1, 0.15) is 67.4 Å². The lowest BCUT2D eigenvalue weighted by molar-refractivity contribution is -0.140. The molecule has 1 aliphatic carbocycles. The Bertz CT molecular complexity index is 1340. The van der Waals surface area contributed by atoms with Crippen molar-refractivity contribution in [3.63, 3.8) is 0 Å². The van der Waals surface area contributed by atoms with Crippen LogP contribution in [-0.4, -0.2) is 62.0 Å². The van der Waals surface area contributed by atoms with Crippen molar-refractivity contribution in [2.24, 2.45) is 11.7 Å². The van der Waals surface area contributed by atoms with Gasteiger partial charge in [0, 0.05) is 33.8 Å². The summed E-state index contributed by atoms with van der Waals surface area (Å²) in [7, 11) is -3.67. The quantitative estimate of drug-likeness (QED) is 0.194. The van der Waals surface area contributed by atoms with E-state index in [9.17, 15) is 18.0 Å². The summed E-state index contributed by atoms with van der Waals surface area (Å²) in [5.74, 6) is -0.336. The number of hydrogen-bond donors (Lipinski definition) is 4. The Labute approximate surface area is 256 Å². The molecule has 0 spiro atoms. The van der Waals surface area contributed by atoms with Crippen LogP contribution in [0.25, 0.3) is 0 Å². The van der Waals surface area contributed by atoms with Gasteiger partial charge in [-0.2, -0.15) is 0 Å². The number of rotatable bonds is 13. The van der Waals surface area contributed by atoms with Crippen molar-refractivity contribution in [1.29, 1.82) is 5.41 Å². The van der Waals surface area contributed by atoms with E-state index in [0.29, 0.717) is 22.9 Å². The molecule has 0 unspecified atom stereocenters. The van der Waals surface area contributed by atoms with E-state index in [0.717, 1.165) is 48.8 Å². The van der Waals surface area contributed by atoms with Gasteiger partial charge in [-0.25, -0.2) is 13.1 Å². The van der Waals surface area contributed by atoms with Crippen molar-refractivity contribution in [3.05, 3.63) is 56.7 Å². The molecule has 2 fully saturated rings. The van der Waals surface area contributed by atoms with Crippen LogP contribution in [0.4, 0.5) is 0 Å². The standard InChI is InChI=1S/C29H40ClN5O5S2/c1-42(38,39)34-25(12-9-19-5-3-2-4-6-19)29(37)35-16-23(40-17-20-7-10-22(30)11-8-20)14-26(35)28(36)33-15-24-13-21(18-41-24)27(31)32/h7-8,10-11,13,18-19,23,25-26,34H,2-6,9,12,14-17H2,1H3,(H3,31,32)(H,33,36)/t23-,25-,26-/m1/s1. The Hall–Kier alpha value is -2.51. The lowest BCUT2D eigenvalue weighted by Crippen LogP contribution is -2.53. The first-order valence-electron chi connectivity index (χ1n) is 14.3. The Kier molecular flexibility index (Phi) is 11.4. The summed E-state index contributed by atoms with van der Waals surface area (Å²) in [5.41, 5.74) is 7.06. The van der Waals surface area contributed by atoms with E-state index in [1.165, 1.54) is 22.7 Å². The summed E-state index contributed by atoms with van der Waals surface area (Å²) >= 11 is 7.38. The number of hydrogen-bond acceptors (Lipinski definition) is 7. The number of nitrogens with one attached hydrogen (secondary N) is 3. The minimum atomic E-state index is -3.67. The maximum Gasteiger partial charge on any atom is 0.243 e. The topological polar surface area (TPSA) is 155 Å². The molecule has 2 aromatic rings. The molecule has 0 radical (unpaired) electrons. The average Bonchev–Trinajstić information content (AvgIpc) is 3.61. The minimum absolute atomic E-state index is 0.0466. The fraction of sp³-hybridized carbons (Fsp3) is 0.552. The number of halogens is 1. The molecule has 1 saturated heterocycles. The predicted octanol–water partition coefficient (Wildman–Crippen LogP) is 3.77. The first-order chi connectivity index (χ1) is 20.0. The van der Waals surface area contributed by atoms with E-state index in [-0.39, 0.29) is 37.9 Å². The van der Waals surface area contributed by atoms with Gasteiger partial charge in [0.1, 0.15) is 17.9 Å². The SMILES string of the molecule is CS(=O)(=O)N[C@H](CCC1CCCCC1)C(=O)N1C[C@H](OCc2ccc(Cl)cc2)C[C@@H]1C(=O)NCc1cc(C(=N)N)cs1. The number of thiophene rings is 1. The number of carbonyl (C=O) groups is 2. The Morgan fingerprint density at radius 1 is 1.21 bits per heavy atom. The third-order valence-electron chi connectivity index (χ3n) is 7.89. The number of carbonyl (C=O) groups excluding carboxylic acids is 2. The Morgan fingerprint density at radius 2 is 1.93 bits per heavy atom. The van der Waals surface area contributed by atoms with Crippen LogP contribution in [0.3, 0.4) is 0 Å². The number of benzene rings is 1. The van der Waals surface area contributed by atoms with Gasteiger partial charge in [-0.15, -0.1) is 11.3 Å². The van der Waals surface area contributed by atoms with E-state index in [4.69, 9.17) is 27.5 Å². The van der Waals surface area contributed by atoms with Crippen molar-refractivity contribution in [3.8, 4) is 0 Å². The first-order valence-corrected chi connectivity index (χ1v) is 17.5. The van der Waals surface area contributed by atoms with Crippen LogP contribution in [0.15, 0.2) is 35.7 Å². The molecule has 1 aromatic carbocycles. The van der Waals surface area contributed by atoms with Gasteiger partial charge in [0.15, 0.2) is 0 Å². The fourth-order valence-corrected chi connectivity index (χ4v) is 7.37. The molecular weight excluding hydrogens is 598 g/mol. The molecule has 1 saturated carbocycles. The van der Waals surface area contributed by atoms with Crippen molar-refractivity contribution >= 4 is 50.6 Å². The van der Waals surface area contributed by atoms with Crippen LogP contribution in [0.5, 0.6) is 0 Å². The molecule has 2 aliphatic rings. The molecule has 2 amide bonds. The summed E-state index contributed by atoms with van der Waals surface area (Å²) in [4.78, 5) is 29.7. The largest absolute Gasteiger partial charge is 0.384 e. The highest BCUT2D eigenvalue weighted by Crippen LogP contribution is 2.29. The lowest BCUT2D eigenvalue weighted by Gasteiger charge is -2.29.